The van der Waals surface area contributed by atoms with Crippen molar-refractivity contribution in [3.63, 3.8) is 0 Å². The number of aryl methyl sites for hydroxylation is 4. The third-order valence-electron chi connectivity index (χ3n) is 4.39. The highest BCUT2D eigenvalue weighted by Crippen LogP contribution is 2.25. The van der Waals surface area contributed by atoms with E-state index in [1.165, 1.54) is 35.6 Å². The van der Waals surface area contributed by atoms with Gasteiger partial charge in [0.1, 0.15) is 10.8 Å². The third-order valence-corrected chi connectivity index (χ3v) is 6.86. The van der Waals surface area contributed by atoms with E-state index in [1.54, 1.807) is 0 Å². The SMILES string of the molecule is CCc1nnc(NS(=O)(=O)c2ccc(NC(=O)COc3c(C)cc(C)cc3C)cc2)s1. The summed E-state index contributed by atoms with van der Waals surface area (Å²) < 4.78 is 33.1. The van der Waals surface area contributed by atoms with Gasteiger partial charge in [-0.05, 0) is 62.6 Å². The standard InChI is InChI=1S/C21H24N4O4S2/c1-5-19-23-24-21(30-19)25-31(27,28)17-8-6-16(7-9-17)22-18(26)12-29-20-14(3)10-13(2)11-15(20)4/h6-11H,5,12H2,1-4H3,(H,22,26)(H,24,25). The number of benzene rings is 2. The molecule has 31 heavy (non-hydrogen) atoms. The van der Waals surface area contributed by atoms with Crippen LogP contribution in [0.15, 0.2) is 41.3 Å². The lowest BCUT2D eigenvalue weighted by molar-refractivity contribution is -0.118. The molecule has 0 unspecified atom stereocenters. The first-order valence-corrected chi connectivity index (χ1v) is 11.9. The summed E-state index contributed by atoms with van der Waals surface area (Å²) in [7, 11) is -3.79. The number of anilines is 2. The van der Waals surface area contributed by atoms with E-state index in [2.05, 4.69) is 20.2 Å². The molecule has 0 spiro atoms. The largest absolute Gasteiger partial charge is 0.483 e. The van der Waals surface area contributed by atoms with E-state index in [-0.39, 0.29) is 22.5 Å². The Morgan fingerprint density at radius 3 is 2.29 bits per heavy atom. The summed E-state index contributed by atoms with van der Waals surface area (Å²) in [5.41, 5.74) is 3.53. The predicted octanol–water partition coefficient (Wildman–Crippen LogP) is 3.84. The second kappa shape index (κ2) is 9.44. The maximum absolute atomic E-state index is 12.5. The van der Waals surface area contributed by atoms with Gasteiger partial charge in [-0.2, -0.15) is 0 Å². The minimum Gasteiger partial charge on any atom is -0.483 e. The summed E-state index contributed by atoms with van der Waals surface area (Å²) in [6.07, 6.45) is 0.681. The summed E-state index contributed by atoms with van der Waals surface area (Å²) in [5, 5.41) is 11.4. The van der Waals surface area contributed by atoms with Gasteiger partial charge in [0.25, 0.3) is 15.9 Å². The Morgan fingerprint density at radius 1 is 1.06 bits per heavy atom. The number of aromatic nitrogens is 2. The van der Waals surface area contributed by atoms with Gasteiger partial charge in [0, 0.05) is 5.69 Å². The summed E-state index contributed by atoms with van der Waals surface area (Å²) in [6.45, 7) is 7.64. The van der Waals surface area contributed by atoms with Crippen LogP contribution in [0.3, 0.4) is 0 Å². The molecule has 0 atom stereocenters. The molecule has 0 bridgehead atoms. The van der Waals surface area contributed by atoms with Crippen molar-refractivity contribution in [3.8, 4) is 5.75 Å². The van der Waals surface area contributed by atoms with Crippen molar-refractivity contribution in [1.29, 1.82) is 0 Å². The third kappa shape index (κ3) is 5.80. The first kappa shape index (κ1) is 22.7. The lowest BCUT2D eigenvalue weighted by Crippen LogP contribution is -2.21. The molecule has 10 heteroatoms. The second-order valence-corrected chi connectivity index (χ2v) is 9.79. The van der Waals surface area contributed by atoms with Crippen molar-refractivity contribution < 1.29 is 17.9 Å². The molecule has 0 aliphatic rings. The Hall–Kier alpha value is -2.98. The van der Waals surface area contributed by atoms with Crippen LogP contribution in [0.25, 0.3) is 0 Å². The second-order valence-electron chi connectivity index (χ2n) is 7.05. The molecule has 164 valence electrons. The van der Waals surface area contributed by atoms with Gasteiger partial charge in [-0.1, -0.05) is 36.0 Å². The molecule has 2 aromatic carbocycles. The lowest BCUT2D eigenvalue weighted by Gasteiger charge is -2.13. The van der Waals surface area contributed by atoms with Crippen LogP contribution in [0.5, 0.6) is 5.75 Å². The maximum atomic E-state index is 12.5. The van der Waals surface area contributed by atoms with Crippen molar-refractivity contribution >= 4 is 38.1 Å². The van der Waals surface area contributed by atoms with Gasteiger partial charge in [0.05, 0.1) is 4.90 Å². The van der Waals surface area contributed by atoms with Crippen LogP contribution >= 0.6 is 11.3 Å². The van der Waals surface area contributed by atoms with Gasteiger partial charge in [-0.15, -0.1) is 10.2 Å². The Balaban J connectivity index is 1.60. The Bertz CT molecular complexity index is 1170. The van der Waals surface area contributed by atoms with Crippen LogP contribution in [0.4, 0.5) is 10.8 Å². The van der Waals surface area contributed by atoms with Crippen LogP contribution in [0.1, 0.15) is 28.6 Å². The molecule has 8 nitrogen and oxygen atoms in total. The van der Waals surface area contributed by atoms with Crippen LogP contribution in [-0.4, -0.2) is 31.1 Å². The van der Waals surface area contributed by atoms with Crippen molar-refractivity contribution in [3.05, 3.63) is 58.1 Å². The van der Waals surface area contributed by atoms with Crippen molar-refractivity contribution in [2.75, 3.05) is 16.6 Å². The number of rotatable bonds is 8. The number of nitrogens with zero attached hydrogens (tertiary/aromatic N) is 2. The van der Waals surface area contributed by atoms with Gasteiger partial charge >= 0.3 is 0 Å². The average molecular weight is 461 g/mol. The Morgan fingerprint density at radius 2 is 1.71 bits per heavy atom. The van der Waals surface area contributed by atoms with Gasteiger partial charge < -0.3 is 10.1 Å². The molecular weight excluding hydrogens is 436 g/mol. The minimum atomic E-state index is -3.79. The van der Waals surface area contributed by atoms with Crippen molar-refractivity contribution in [2.24, 2.45) is 0 Å². The minimum absolute atomic E-state index is 0.0564. The number of carbonyl (C=O) groups excluding carboxylic acids is 1. The fourth-order valence-corrected chi connectivity index (χ4v) is 4.97. The first-order valence-electron chi connectivity index (χ1n) is 9.63. The van der Waals surface area contributed by atoms with Crippen LogP contribution in [0.2, 0.25) is 0 Å². The van der Waals surface area contributed by atoms with E-state index in [1.807, 2.05) is 39.8 Å². The lowest BCUT2D eigenvalue weighted by atomic mass is 10.1. The Kier molecular flexibility index (Phi) is 6.91. The molecule has 2 N–H and O–H groups in total. The quantitative estimate of drug-likeness (QED) is 0.528. The van der Waals surface area contributed by atoms with Crippen LogP contribution < -0.4 is 14.8 Å². The van der Waals surface area contributed by atoms with E-state index in [4.69, 9.17) is 4.74 Å². The van der Waals surface area contributed by atoms with E-state index in [0.29, 0.717) is 17.9 Å². The molecule has 0 fully saturated rings. The van der Waals surface area contributed by atoms with E-state index in [9.17, 15) is 13.2 Å². The summed E-state index contributed by atoms with van der Waals surface area (Å²) in [5.74, 6) is 0.352. The molecule has 1 heterocycles. The predicted molar refractivity (Wildman–Crippen MR) is 121 cm³/mol. The average Bonchev–Trinajstić information content (AvgIpc) is 3.14. The number of sulfonamides is 1. The number of amides is 1. The van der Waals surface area contributed by atoms with E-state index in [0.717, 1.165) is 21.7 Å². The van der Waals surface area contributed by atoms with E-state index >= 15 is 0 Å². The molecule has 0 aliphatic heterocycles. The molecule has 0 saturated heterocycles. The maximum Gasteiger partial charge on any atom is 0.263 e. The zero-order chi connectivity index (χ0) is 22.6. The highest BCUT2D eigenvalue weighted by Gasteiger charge is 2.17. The zero-order valence-electron chi connectivity index (χ0n) is 17.7. The summed E-state index contributed by atoms with van der Waals surface area (Å²) in [6, 6.07) is 9.86. The van der Waals surface area contributed by atoms with E-state index < -0.39 is 10.0 Å². The molecule has 1 amide bonds. The highest BCUT2D eigenvalue weighted by molar-refractivity contribution is 7.93. The van der Waals surface area contributed by atoms with Crippen LogP contribution in [-0.2, 0) is 21.2 Å². The first-order chi connectivity index (χ1) is 14.7. The fraction of sp³-hybridized carbons (Fsp3) is 0.286. The molecule has 3 rings (SSSR count). The normalized spacial score (nSPS) is 11.2. The van der Waals surface area contributed by atoms with Crippen molar-refractivity contribution in [2.45, 2.75) is 39.0 Å². The molecule has 3 aromatic rings. The monoisotopic (exact) mass is 460 g/mol. The van der Waals surface area contributed by atoms with Gasteiger partial charge in [0.15, 0.2) is 6.61 Å². The number of nitrogens with one attached hydrogen (secondary N) is 2. The molecule has 0 radical (unpaired) electrons. The number of hydrogen-bond acceptors (Lipinski definition) is 7. The number of hydrogen-bond donors (Lipinski definition) is 2. The summed E-state index contributed by atoms with van der Waals surface area (Å²) in [4.78, 5) is 12.3. The number of carbonyl (C=O) groups is 1. The number of ether oxygens (including phenoxy) is 1. The molecule has 0 aliphatic carbocycles. The van der Waals surface area contributed by atoms with Crippen LogP contribution in [0, 0.1) is 20.8 Å². The fourth-order valence-electron chi connectivity index (χ4n) is 3.06. The van der Waals surface area contributed by atoms with Crippen molar-refractivity contribution in [1.82, 2.24) is 10.2 Å². The highest BCUT2D eigenvalue weighted by atomic mass is 32.2. The Labute approximate surface area is 185 Å². The molecule has 0 saturated carbocycles. The topological polar surface area (TPSA) is 110 Å². The van der Waals surface area contributed by atoms with Gasteiger partial charge in [-0.3, -0.25) is 9.52 Å². The van der Waals surface area contributed by atoms with Gasteiger partial charge in [-0.25, -0.2) is 8.42 Å². The smallest absolute Gasteiger partial charge is 0.263 e. The summed E-state index contributed by atoms with van der Waals surface area (Å²) >= 11 is 1.19. The molecule has 1 aromatic heterocycles. The zero-order valence-corrected chi connectivity index (χ0v) is 19.4. The van der Waals surface area contributed by atoms with Gasteiger partial charge in [0.2, 0.25) is 5.13 Å². The molecular formula is C21H24N4O4S2.